The number of nitrogen functional groups attached to an aromatic ring is 1. The predicted octanol–water partition coefficient (Wildman–Crippen LogP) is 2.60. The molecule has 0 aliphatic heterocycles. The normalized spacial score (nSPS) is 14.7. The standard InChI is InChI=1S/C17H18FN5O2/c1-20-16(25-11-4-5-13(19)12(18)8-11)7-6-14-21-9-15(22-14)23-17(24)10-2-3-10/h4-10H,2-3,19H2,1H3,(H,21,22)(H,23,24)/b7-6-,20-16?. The Bertz CT molecular complexity index is 839. The summed E-state index contributed by atoms with van der Waals surface area (Å²) >= 11 is 0. The molecule has 8 heteroatoms. The second-order valence-electron chi connectivity index (χ2n) is 5.63. The van der Waals surface area contributed by atoms with Gasteiger partial charge in [-0.3, -0.25) is 9.79 Å². The summed E-state index contributed by atoms with van der Waals surface area (Å²) in [7, 11) is 1.55. The van der Waals surface area contributed by atoms with E-state index in [4.69, 9.17) is 10.5 Å². The zero-order chi connectivity index (χ0) is 17.8. The van der Waals surface area contributed by atoms with Crippen LogP contribution >= 0.6 is 0 Å². The van der Waals surface area contributed by atoms with Crippen LogP contribution < -0.4 is 15.8 Å². The van der Waals surface area contributed by atoms with E-state index in [1.807, 2.05) is 0 Å². The second-order valence-corrected chi connectivity index (χ2v) is 5.63. The Labute approximate surface area is 143 Å². The van der Waals surface area contributed by atoms with Crippen molar-refractivity contribution in [1.29, 1.82) is 0 Å². The number of aromatic nitrogens is 2. The van der Waals surface area contributed by atoms with Crippen LogP contribution in [0.1, 0.15) is 18.7 Å². The Kier molecular flexibility index (Phi) is 4.78. The monoisotopic (exact) mass is 343 g/mol. The topological polar surface area (TPSA) is 105 Å². The number of nitrogens with zero attached hydrogens (tertiary/aromatic N) is 2. The Morgan fingerprint density at radius 2 is 2.32 bits per heavy atom. The van der Waals surface area contributed by atoms with Gasteiger partial charge in [0.25, 0.3) is 0 Å². The molecule has 2 aromatic rings. The third-order valence-electron chi connectivity index (χ3n) is 3.60. The van der Waals surface area contributed by atoms with E-state index in [1.54, 1.807) is 31.5 Å². The first kappa shape index (κ1) is 16.7. The molecule has 1 aromatic carbocycles. The molecule has 7 nitrogen and oxygen atoms in total. The van der Waals surface area contributed by atoms with E-state index in [1.165, 1.54) is 12.1 Å². The summed E-state index contributed by atoms with van der Waals surface area (Å²) in [6.07, 6.45) is 6.64. The van der Waals surface area contributed by atoms with Crippen LogP contribution in [-0.2, 0) is 4.79 Å². The number of halogens is 1. The Balaban J connectivity index is 1.62. The summed E-state index contributed by atoms with van der Waals surface area (Å²) in [4.78, 5) is 22.8. The molecule has 1 aliphatic rings. The van der Waals surface area contributed by atoms with Crippen molar-refractivity contribution in [2.24, 2.45) is 10.9 Å². The maximum absolute atomic E-state index is 13.4. The number of anilines is 2. The van der Waals surface area contributed by atoms with Gasteiger partial charge in [0.2, 0.25) is 11.8 Å². The molecule has 0 atom stereocenters. The fourth-order valence-electron chi connectivity index (χ4n) is 2.06. The first-order valence-electron chi connectivity index (χ1n) is 7.79. The van der Waals surface area contributed by atoms with Gasteiger partial charge in [-0.05, 0) is 31.1 Å². The summed E-state index contributed by atoms with van der Waals surface area (Å²) in [5.41, 5.74) is 5.48. The van der Waals surface area contributed by atoms with Gasteiger partial charge in [-0.15, -0.1) is 0 Å². The van der Waals surface area contributed by atoms with E-state index >= 15 is 0 Å². The molecule has 3 rings (SSSR count). The number of rotatable bonds is 5. The van der Waals surface area contributed by atoms with Gasteiger partial charge in [0.1, 0.15) is 23.2 Å². The number of carbonyl (C=O) groups is 1. The summed E-state index contributed by atoms with van der Waals surface area (Å²) in [6, 6.07) is 4.16. The molecule has 1 fully saturated rings. The molecule has 1 aromatic heterocycles. The van der Waals surface area contributed by atoms with Gasteiger partial charge in [0.15, 0.2) is 0 Å². The van der Waals surface area contributed by atoms with Gasteiger partial charge in [-0.2, -0.15) is 0 Å². The lowest BCUT2D eigenvalue weighted by molar-refractivity contribution is -0.117. The van der Waals surface area contributed by atoms with Crippen molar-refractivity contribution in [3.63, 3.8) is 0 Å². The molecule has 130 valence electrons. The zero-order valence-corrected chi connectivity index (χ0v) is 13.6. The van der Waals surface area contributed by atoms with Crippen LogP contribution in [0.2, 0.25) is 0 Å². The molecule has 1 saturated carbocycles. The first-order chi connectivity index (χ1) is 12.0. The van der Waals surface area contributed by atoms with Gasteiger partial charge < -0.3 is 20.8 Å². The quantitative estimate of drug-likeness (QED) is 0.441. The van der Waals surface area contributed by atoms with Crippen molar-refractivity contribution in [1.82, 2.24) is 9.97 Å². The zero-order valence-electron chi connectivity index (χ0n) is 13.6. The number of carbonyl (C=O) groups excluding carboxylic acids is 1. The molecule has 1 heterocycles. The van der Waals surface area contributed by atoms with Crippen molar-refractivity contribution in [3.8, 4) is 5.75 Å². The van der Waals surface area contributed by atoms with Crippen LogP contribution in [0.5, 0.6) is 5.75 Å². The van der Waals surface area contributed by atoms with Gasteiger partial charge in [-0.25, -0.2) is 9.37 Å². The summed E-state index contributed by atoms with van der Waals surface area (Å²) in [5, 5.41) is 2.77. The van der Waals surface area contributed by atoms with Gasteiger partial charge in [0, 0.05) is 25.1 Å². The number of ether oxygens (including phenoxy) is 1. The highest BCUT2D eigenvalue weighted by molar-refractivity contribution is 5.94. The van der Waals surface area contributed by atoms with E-state index in [-0.39, 0.29) is 29.2 Å². The van der Waals surface area contributed by atoms with Crippen LogP contribution in [0.15, 0.2) is 35.5 Å². The molecule has 0 spiro atoms. The molecule has 0 bridgehead atoms. The molecule has 4 N–H and O–H groups in total. The van der Waals surface area contributed by atoms with Crippen molar-refractivity contribution < 1.29 is 13.9 Å². The predicted molar refractivity (Wildman–Crippen MR) is 93.8 cm³/mol. The minimum Gasteiger partial charge on any atom is -0.439 e. The Morgan fingerprint density at radius 3 is 3.00 bits per heavy atom. The number of amides is 1. The molecule has 0 unspecified atom stereocenters. The minimum atomic E-state index is -0.556. The minimum absolute atomic E-state index is 0.00343. The maximum Gasteiger partial charge on any atom is 0.228 e. The van der Waals surface area contributed by atoms with Crippen molar-refractivity contribution in [3.05, 3.63) is 42.1 Å². The fourth-order valence-corrected chi connectivity index (χ4v) is 2.06. The second kappa shape index (κ2) is 7.16. The van der Waals surface area contributed by atoms with E-state index in [0.29, 0.717) is 11.6 Å². The Morgan fingerprint density at radius 1 is 1.52 bits per heavy atom. The van der Waals surface area contributed by atoms with Crippen LogP contribution in [0.4, 0.5) is 15.9 Å². The molecule has 0 saturated heterocycles. The van der Waals surface area contributed by atoms with Crippen LogP contribution in [0, 0.1) is 11.7 Å². The highest BCUT2D eigenvalue weighted by Gasteiger charge is 2.29. The summed E-state index contributed by atoms with van der Waals surface area (Å²) < 4.78 is 18.9. The fraction of sp³-hybridized carbons (Fsp3) is 0.235. The lowest BCUT2D eigenvalue weighted by atomic mass is 10.3. The summed E-state index contributed by atoms with van der Waals surface area (Å²) in [5.74, 6) is 1.18. The average molecular weight is 343 g/mol. The molecular formula is C17H18FN5O2. The average Bonchev–Trinajstić information content (AvgIpc) is 3.36. The highest BCUT2D eigenvalue weighted by atomic mass is 19.1. The van der Waals surface area contributed by atoms with E-state index < -0.39 is 5.82 Å². The number of aromatic amines is 1. The number of nitrogens with two attached hydrogens (primary N) is 1. The first-order valence-corrected chi connectivity index (χ1v) is 7.79. The van der Waals surface area contributed by atoms with Gasteiger partial charge in [-0.1, -0.05) is 0 Å². The Hall–Kier alpha value is -3.16. The number of H-pyrrole nitrogens is 1. The number of hydrogen-bond acceptors (Lipinski definition) is 5. The lowest BCUT2D eigenvalue weighted by Crippen LogP contribution is -2.13. The third kappa shape index (κ3) is 4.43. The van der Waals surface area contributed by atoms with Gasteiger partial charge >= 0.3 is 0 Å². The number of hydrogen-bond donors (Lipinski definition) is 3. The SMILES string of the molecule is CN=C(/C=C\c1ncc(NC(=O)C2CC2)[nH]1)Oc1ccc(N)c(F)c1. The van der Waals surface area contributed by atoms with Gasteiger partial charge in [0.05, 0.1) is 11.9 Å². The van der Waals surface area contributed by atoms with Crippen LogP contribution in [0.25, 0.3) is 6.08 Å². The third-order valence-corrected chi connectivity index (χ3v) is 3.60. The van der Waals surface area contributed by atoms with E-state index in [9.17, 15) is 9.18 Å². The number of benzene rings is 1. The maximum atomic E-state index is 13.4. The highest BCUT2D eigenvalue weighted by Crippen LogP contribution is 2.29. The molecule has 25 heavy (non-hydrogen) atoms. The molecule has 0 radical (unpaired) electrons. The number of nitrogens with one attached hydrogen (secondary N) is 2. The van der Waals surface area contributed by atoms with Crippen LogP contribution in [-0.4, -0.2) is 28.8 Å². The van der Waals surface area contributed by atoms with Crippen LogP contribution in [0.3, 0.4) is 0 Å². The van der Waals surface area contributed by atoms with Crippen molar-refractivity contribution in [2.75, 3.05) is 18.1 Å². The van der Waals surface area contributed by atoms with E-state index in [2.05, 4.69) is 20.3 Å². The largest absolute Gasteiger partial charge is 0.439 e. The molecular weight excluding hydrogens is 325 g/mol. The lowest BCUT2D eigenvalue weighted by Gasteiger charge is -2.05. The summed E-state index contributed by atoms with van der Waals surface area (Å²) in [6.45, 7) is 0. The number of aliphatic imine (C=N–C) groups is 1. The van der Waals surface area contributed by atoms with Crippen molar-refractivity contribution >= 4 is 29.4 Å². The van der Waals surface area contributed by atoms with E-state index in [0.717, 1.165) is 12.8 Å². The smallest absolute Gasteiger partial charge is 0.228 e. The van der Waals surface area contributed by atoms with Crippen molar-refractivity contribution in [2.45, 2.75) is 12.8 Å². The molecule has 1 amide bonds. The number of imidazole rings is 1. The molecule has 1 aliphatic carbocycles.